The Morgan fingerprint density at radius 3 is 2.75 bits per heavy atom. The Balaban J connectivity index is 1.83. The topological polar surface area (TPSA) is 58.4 Å². The number of anilines is 3. The highest BCUT2D eigenvalue weighted by molar-refractivity contribution is 5.95. The summed E-state index contributed by atoms with van der Waals surface area (Å²) in [5.41, 5.74) is 10.3. The van der Waals surface area contributed by atoms with E-state index in [9.17, 15) is 4.79 Å². The summed E-state index contributed by atoms with van der Waals surface area (Å²) in [4.78, 5) is 13.9. The van der Waals surface area contributed by atoms with Crippen molar-refractivity contribution in [2.24, 2.45) is 5.92 Å². The van der Waals surface area contributed by atoms with Crippen LogP contribution in [0.3, 0.4) is 0 Å². The molecule has 2 aliphatic rings. The third-order valence-electron chi connectivity index (χ3n) is 4.68. The molecule has 1 saturated heterocycles. The highest BCUT2D eigenvalue weighted by Crippen LogP contribution is 2.35. The van der Waals surface area contributed by atoms with Crippen molar-refractivity contribution in [3.8, 4) is 0 Å². The molecule has 2 aliphatic heterocycles. The van der Waals surface area contributed by atoms with Crippen molar-refractivity contribution in [2.45, 2.75) is 39.0 Å². The average Bonchev–Trinajstić information content (AvgIpc) is 2.47. The Kier molecular flexibility index (Phi) is 3.55. The average molecular weight is 273 g/mol. The van der Waals surface area contributed by atoms with E-state index in [1.54, 1.807) is 0 Å². The predicted molar refractivity (Wildman–Crippen MR) is 83.0 cm³/mol. The normalized spacial score (nSPS) is 19.6. The van der Waals surface area contributed by atoms with Crippen molar-refractivity contribution >= 4 is 23.0 Å². The lowest BCUT2D eigenvalue weighted by Gasteiger charge is -2.34. The number of carbonyl (C=O) groups excluding carboxylic acids is 1. The molecule has 3 rings (SSSR count). The maximum absolute atomic E-state index is 11.5. The smallest absolute Gasteiger partial charge is 0.224 e. The van der Waals surface area contributed by atoms with Crippen LogP contribution in [0, 0.1) is 5.92 Å². The molecule has 4 heteroatoms. The van der Waals surface area contributed by atoms with Crippen molar-refractivity contribution in [3.05, 3.63) is 17.7 Å². The van der Waals surface area contributed by atoms with Gasteiger partial charge < -0.3 is 16.0 Å². The zero-order valence-electron chi connectivity index (χ0n) is 12.1. The molecule has 1 aromatic carbocycles. The van der Waals surface area contributed by atoms with Crippen molar-refractivity contribution < 1.29 is 4.79 Å². The number of amides is 1. The van der Waals surface area contributed by atoms with Gasteiger partial charge in [0.25, 0.3) is 0 Å². The van der Waals surface area contributed by atoms with E-state index >= 15 is 0 Å². The molecule has 108 valence electrons. The van der Waals surface area contributed by atoms with Crippen LogP contribution >= 0.6 is 0 Å². The fraction of sp³-hybridized carbons (Fsp3) is 0.562. The molecule has 0 aliphatic carbocycles. The van der Waals surface area contributed by atoms with Crippen LogP contribution in [0.25, 0.3) is 0 Å². The molecule has 2 heterocycles. The van der Waals surface area contributed by atoms with E-state index in [1.165, 1.54) is 19.3 Å². The minimum atomic E-state index is 0.109. The standard InChI is InChI=1S/C16H23N3O/c1-2-11-5-7-19(8-6-11)15-10-14-12(9-13(15)17)3-4-16(20)18-14/h9-11H,2-8,17H2,1H3,(H,18,20). The van der Waals surface area contributed by atoms with Gasteiger partial charge in [-0.2, -0.15) is 0 Å². The number of nitrogens with zero attached hydrogens (tertiary/aromatic N) is 1. The van der Waals surface area contributed by atoms with Gasteiger partial charge >= 0.3 is 0 Å². The van der Waals surface area contributed by atoms with E-state index in [0.29, 0.717) is 6.42 Å². The number of piperidine rings is 1. The van der Waals surface area contributed by atoms with Crippen molar-refractivity contribution in [2.75, 3.05) is 29.0 Å². The van der Waals surface area contributed by atoms with E-state index in [1.807, 2.05) is 6.07 Å². The van der Waals surface area contributed by atoms with Crippen LogP contribution in [-0.2, 0) is 11.2 Å². The van der Waals surface area contributed by atoms with E-state index in [-0.39, 0.29) is 5.91 Å². The van der Waals surface area contributed by atoms with Crippen LogP contribution in [0.15, 0.2) is 12.1 Å². The highest BCUT2D eigenvalue weighted by atomic mass is 16.1. The van der Waals surface area contributed by atoms with Crippen molar-refractivity contribution in [3.63, 3.8) is 0 Å². The summed E-state index contributed by atoms with van der Waals surface area (Å²) in [6.45, 7) is 4.40. The Bertz CT molecular complexity index is 519. The van der Waals surface area contributed by atoms with Gasteiger partial charge in [-0.3, -0.25) is 4.79 Å². The second kappa shape index (κ2) is 5.35. The molecule has 4 nitrogen and oxygen atoms in total. The van der Waals surface area contributed by atoms with Crippen LogP contribution in [0.2, 0.25) is 0 Å². The second-order valence-electron chi connectivity index (χ2n) is 5.96. The quantitative estimate of drug-likeness (QED) is 0.815. The highest BCUT2D eigenvalue weighted by Gasteiger charge is 2.22. The van der Waals surface area contributed by atoms with E-state index in [4.69, 9.17) is 5.73 Å². The Labute approximate surface area is 120 Å². The first-order valence-corrected chi connectivity index (χ1v) is 7.64. The number of benzene rings is 1. The minimum Gasteiger partial charge on any atom is -0.397 e. The SMILES string of the molecule is CCC1CCN(c2cc3c(cc2N)CCC(=O)N3)CC1. The Morgan fingerprint density at radius 1 is 1.30 bits per heavy atom. The lowest BCUT2D eigenvalue weighted by Crippen LogP contribution is -2.34. The fourth-order valence-corrected chi connectivity index (χ4v) is 3.29. The summed E-state index contributed by atoms with van der Waals surface area (Å²) in [5.74, 6) is 0.961. The van der Waals surface area contributed by atoms with Gasteiger partial charge in [0.15, 0.2) is 0 Å². The number of rotatable bonds is 2. The zero-order valence-corrected chi connectivity index (χ0v) is 12.1. The van der Waals surface area contributed by atoms with E-state index in [0.717, 1.165) is 48.1 Å². The van der Waals surface area contributed by atoms with Crippen LogP contribution in [0.4, 0.5) is 17.1 Å². The number of nitrogen functional groups attached to an aromatic ring is 1. The van der Waals surface area contributed by atoms with Gasteiger partial charge in [-0.15, -0.1) is 0 Å². The minimum absolute atomic E-state index is 0.109. The molecule has 0 saturated carbocycles. The summed E-state index contributed by atoms with van der Waals surface area (Å²) in [6.07, 6.45) is 5.10. The van der Waals surface area contributed by atoms with Gasteiger partial charge in [-0.1, -0.05) is 13.3 Å². The number of nitrogens with one attached hydrogen (secondary N) is 1. The van der Waals surface area contributed by atoms with Gasteiger partial charge in [0.2, 0.25) is 5.91 Å². The molecule has 3 N–H and O–H groups in total. The maximum Gasteiger partial charge on any atom is 0.224 e. The first kappa shape index (κ1) is 13.3. The molecule has 0 bridgehead atoms. The molecule has 0 unspecified atom stereocenters. The summed E-state index contributed by atoms with van der Waals surface area (Å²) >= 11 is 0. The van der Waals surface area contributed by atoms with Crippen LogP contribution in [-0.4, -0.2) is 19.0 Å². The van der Waals surface area contributed by atoms with Gasteiger partial charge in [-0.25, -0.2) is 0 Å². The molecule has 0 radical (unpaired) electrons. The molecule has 1 aromatic rings. The molecular formula is C16H23N3O. The number of nitrogens with two attached hydrogens (primary N) is 1. The lowest BCUT2D eigenvalue weighted by atomic mass is 9.93. The summed E-state index contributed by atoms with van der Waals surface area (Å²) in [5, 5.41) is 2.97. The number of fused-ring (bicyclic) bond motifs is 1. The molecule has 0 atom stereocenters. The largest absolute Gasteiger partial charge is 0.397 e. The monoisotopic (exact) mass is 273 g/mol. The maximum atomic E-state index is 11.5. The molecular weight excluding hydrogens is 250 g/mol. The van der Waals surface area contributed by atoms with E-state index in [2.05, 4.69) is 23.2 Å². The zero-order chi connectivity index (χ0) is 14.1. The van der Waals surface area contributed by atoms with Crippen LogP contribution in [0.5, 0.6) is 0 Å². The Morgan fingerprint density at radius 2 is 2.05 bits per heavy atom. The van der Waals surface area contributed by atoms with Gasteiger partial charge in [0.1, 0.15) is 0 Å². The summed E-state index contributed by atoms with van der Waals surface area (Å²) in [6, 6.07) is 4.10. The third-order valence-corrected chi connectivity index (χ3v) is 4.68. The number of carbonyl (C=O) groups is 1. The fourth-order valence-electron chi connectivity index (χ4n) is 3.29. The first-order chi connectivity index (χ1) is 9.67. The van der Waals surface area contributed by atoms with Gasteiger partial charge in [-0.05, 0) is 42.9 Å². The molecule has 0 spiro atoms. The molecule has 20 heavy (non-hydrogen) atoms. The molecule has 1 amide bonds. The summed E-state index contributed by atoms with van der Waals surface area (Å²) < 4.78 is 0. The van der Waals surface area contributed by atoms with E-state index < -0.39 is 0 Å². The number of hydrogen-bond donors (Lipinski definition) is 2. The van der Waals surface area contributed by atoms with Crippen LogP contribution < -0.4 is 16.0 Å². The Hall–Kier alpha value is -1.71. The van der Waals surface area contributed by atoms with Crippen LogP contribution in [0.1, 0.15) is 38.2 Å². The van der Waals surface area contributed by atoms with Crippen molar-refractivity contribution in [1.82, 2.24) is 0 Å². The first-order valence-electron chi connectivity index (χ1n) is 7.64. The second-order valence-corrected chi connectivity index (χ2v) is 5.96. The predicted octanol–water partition coefficient (Wildman–Crippen LogP) is 2.78. The van der Waals surface area contributed by atoms with Crippen molar-refractivity contribution in [1.29, 1.82) is 0 Å². The number of aryl methyl sites for hydroxylation is 1. The molecule has 1 fully saturated rings. The lowest BCUT2D eigenvalue weighted by molar-refractivity contribution is -0.116. The van der Waals surface area contributed by atoms with Gasteiger partial charge in [0.05, 0.1) is 11.4 Å². The third kappa shape index (κ3) is 2.47. The number of hydrogen-bond acceptors (Lipinski definition) is 3. The summed E-state index contributed by atoms with van der Waals surface area (Å²) in [7, 11) is 0. The van der Waals surface area contributed by atoms with Gasteiger partial charge in [0, 0.05) is 25.2 Å². The molecule has 0 aromatic heterocycles.